The summed E-state index contributed by atoms with van der Waals surface area (Å²) in [5.74, 6) is 3.47. The van der Waals surface area contributed by atoms with Gasteiger partial charge in [0.25, 0.3) is 0 Å². The van der Waals surface area contributed by atoms with Crippen LogP contribution in [0.1, 0.15) is 26.7 Å². The van der Waals surface area contributed by atoms with Crippen molar-refractivity contribution < 1.29 is 38.1 Å². The van der Waals surface area contributed by atoms with Crippen LogP contribution in [0.25, 0.3) is 0 Å². The summed E-state index contributed by atoms with van der Waals surface area (Å²) in [5.41, 5.74) is 0. The third-order valence-corrected chi connectivity index (χ3v) is 6.35. The molecule has 0 aliphatic carbocycles. The number of nitrogens with one attached hydrogen (secondary N) is 2. The van der Waals surface area contributed by atoms with E-state index in [-0.39, 0.29) is 25.2 Å². The summed E-state index contributed by atoms with van der Waals surface area (Å²) in [7, 11) is 0. The predicted octanol–water partition coefficient (Wildman–Crippen LogP) is 2.54. The Labute approximate surface area is 208 Å². The van der Waals surface area contributed by atoms with Crippen LogP contribution < -0.4 is 10.6 Å². The van der Waals surface area contributed by atoms with Crippen molar-refractivity contribution in [1.29, 1.82) is 0 Å². The average Bonchev–Trinajstić information content (AvgIpc) is 2.78. The SMILES string of the molecule is CCOC(=O)CCSCCOC(=O)NCCSCCNC(=O)OCCSCCC(=O)OCC. The van der Waals surface area contributed by atoms with Crippen LogP contribution in [-0.2, 0) is 28.5 Å². The molecule has 0 unspecified atom stereocenters. The van der Waals surface area contributed by atoms with E-state index in [0.717, 1.165) is 0 Å². The second-order valence-electron chi connectivity index (χ2n) is 6.07. The maximum Gasteiger partial charge on any atom is 0.407 e. The average molecular weight is 529 g/mol. The lowest BCUT2D eigenvalue weighted by molar-refractivity contribution is -0.143. The maximum absolute atomic E-state index is 11.6. The van der Waals surface area contributed by atoms with E-state index in [0.29, 0.717) is 73.7 Å². The van der Waals surface area contributed by atoms with E-state index >= 15 is 0 Å². The van der Waals surface area contributed by atoms with Gasteiger partial charge in [-0.1, -0.05) is 0 Å². The summed E-state index contributed by atoms with van der Waals surface area (Å²) in [4.78, 5) is 45.4. The van der Waals surface area contributed by atoms with Gasteiger partial charge in [0.1, 0.15) is 13.2 Å². The molecule has 0 aromatic rings. The first-order chi connectivity index (χ1) is 16.0. The molecule has 0 aromatic heterocycles. The van der Waals surface area contributed by atoms with Gasteiger partial charge in [-0.2, -0.15) is 35.3 Å². The Bertz CT molecular complexity index is 509. The molecule has 0 aliphatic rings. The Kier molecular flexibility index (Phi) is 22.6. The Hall–Kier alpha value is -1.47. The van der Waals surface area contributed by atoms with Crippen molar-refractivity contribution in [3.63, 3.8) is 0 Å². The van der Waals surface area contributed by atoms with Crippen LogP contribution in [-0.4, -0.2) is 98.2 Å². The van der Waals surface area contributed by atoms with Gasteiger partial charge < -0.3 is 29.6 Å². The highest BCUT2D eigenvalue weighted by Gasteiger charge is 2.05. The van der Waals surface area contributed by atoms with Crippen molar-refractivity contribution in [2.45, 2.75) is 26.7 Å². The molecule has 0 fully saturated rings. The van der Waals surface area contributed by atoms with Crippen LogP contribution >= 0.6 is 35.3 Å². The van der Waals surface area contributed by atoms with E-state index in [1.807, 2.05) is 0 Å². The molecule has 0 spiro atoms. The lowest BCUT2D eigenvalue weighted by Gasteiger charge is -2.08. The Balaban J connectivity index is 3.37. The molecule has 0 atom stereocenters. The van der Waals surface area contributed by atoms with Crippen molar-refractivity contribution in [3.05, 3.63) is 0 Å². The molecule has 0 bridgehead atoms. The minimum atomic E-state index is -0.469. The van der Waals surface area contributed by atoms with Gasteiger partial charge in [0.15, 0.2) is 0 Å². The zero-order chi connectivity index (χ0) is 24.6. The van der Waals surface area contributed by atoms with Gasteiger partial charge in [0.05, 0.1) is 26.1 Å². The number of hydrogen-bond acceptors (Lipinski definition) is 11. The van der Waals surface area contributed by atoms with Crippen LogP contribution in [0.15, 0.2) is 0 Å². The Morgan fingerprint density at radius 3 is 1.36 bits per heavy atom. The molecule has 0 aliphatic heterocycles. The van der Waals surface area contributed by atoms with E-state index in [4.69, 9.17) is 18.9 Å². The molecule has 0 saturated carbocycles. The molecule has 0 aromatic carbocycles. The summed E-state index contributed by atoms with van der Waals surface area (Å²) >= 11 is 4.64. The lowest BCUT2D eigenvalue weighted by atomic mass is 10.5. The van der Waals surface area contributed by atoms with Gasteiger partial charge in [0.2, 0.25) is 0 Å². The minimum absolute atomic E-state index is 0.216. The summed E-state index contributed by atoms with van der Waals surface area (Å²) in [5, 5.41) is 5.32. The third-order valence-electron chi connectivity index (χ3n) is 3.46. The highest BCUT2D eigenvalue weighted by molar-refractivity contribution is 7.99. The van der Waals surface area contributed by atoms with Crippen molar-refractivity contribution in [2.75, 3.05) is 74.0 Å². The van der Waals surface area contributed by atoms with E-state index in [1.165, 1.54) is 23.5 Å². The molecule has 2 N–H and O–H groups in total. The van der Waals surface area contributed by atoms with Gasteiger partial charge >= 0.3 is 24.1 Å². The first kappa shape index (κ1) is 31.5. The summed E-state index contributed by atoms with van der Waals surface area (Å²) in [6, 6.07) is 0. The zero-order valence-electron chi connectivity index (χ0n) is 19.4. The topological polar surface area (TPSA) is 129 Å². The number of rotatable bonds is 20. The Morgan fingerprint density at radius 2 is 0.970 bits per heavy atom. The van der Waals surface area contributed by atoms with Gasteiger partial charge in [-0.15, -0.1) is 0 Å². The van der Waals surface area contributed by atoms with Gasteiger partial charge in [-0.25, -0.2) is 9.59 Å². The second-order valence-corrected chi connectivity index (χ2v) is 9.75. The van der Waals surface area contributed by atoms with Crippen molar-refractivity contribution >= 4 is 59.4 Å². The molecule has 2 amide bonds. The van der Waals surface area contributed by atoms with Crippen LogP contribution in [0, 0.1) is 0 Å². The smallest absolute Gasteiger partial charge is 0.407 e. The second kappa shape index (κ2) is 23.7. The van der Waals surface area contributed by atoms with E-state index in [1.54, 1.807) is 25.6 Å². The molecule has 0 saturated heterocycles. The van der Waals surface area contributed by atoms with Crippen molar-refractivity contribution in [2.24, 2.45) is 0 Å². The standard InChI is InChI=1S/C20H36N2O8S3/c1-3-27-17(23)5-11-31-15-9-29-19(25)21-7-13-33-14-8-22-20(26)30-10-16-32-12-6-18(24)28-4-2/h3-16H2,1-2H3,(H,21,25)(H,22,26). The normalized spacial score (nSPS) is 10.2. The highest BCUT2D eigenvalue weighted by Crippen LogP contribution is 2.04. The molecule has 192 valence electrons. The summed E-state index contributed by atoms with van der Waals surface area (Å²) in [6.07, 6.45) is -0.232. The number of alkyl carbamates (subject to hydrolysis) is 2. The molecule has 33 heavy (non-hydrogen) atoms. The fourth-order valence-corrected chi connectivity index (χ4v) is 4.15. The first-order valence-corrected chi connectivity index (χ1v) is 14.3. The molecule has 0 rings (SSSR count). The minimum Gasteiger partial charge on any atom is -0.466 e. The maximum atomic E-state index is 11.6. The molecule has 0 heterocycles. The molecular formula is C20H36N2O8S3. The monoisotopic (exact) mass is 528 g/mol. The van der Waals surface area contributed by atoms with E-state index in [9.17, 15) is 19.2 Å². The van der Waals surface area contributed by atoms with Crippen LogP contribution in [0.5, 0.6) is 0 Å². The first-order valence-electron chi connectivity index (χ1n) is 10.8. The predicted molar refractivity (Wildman–Crippen MR) is 133 cm³/mol. The molecule has 0 radical (unpaired) electrons. The number of esters is 2. The van der Waals surface area contributed by atoms with E-state index in [2.05, 4.69) is 10.6 Å². The molecule has 13 heteroatoms. The van der Waals surface area contributed by atoms with Gasteiger partial charge in [-0.05, 0) is 13.8 Å². The van der Waals surface area contributed by atoms with Crippen molar-refractivity contribution in [3.8, 4) is 0 Å². The zero-order valence-corrected chi connectivity index (χ0v) is 21.8. The number of ether oxygens (including phenoxy) is 4. The quantitative estimate of drug-likeness (QED) is 0.137. The van der Waals surface area contributed by atoms with Crippen LogP contribution in [0.3, 0.4) is 0 Å². The fourth-order valence-electron chi connectivity index (χ4n) is 2.02. The highest BCUT2D eigenvalue weighted by atomic mass is 32.2. The Morgan fingerprint density at radius 1 is 0.576 bits per heavy atom. The number of amides is 2. The largest absolute Gasteiger partial charge is 0.466 e. The van der Waals surface area contributed by atoms with Crippen LogP contribution in [0.2, 0.25) is 0 Å². The van der Waals surface area contributed by atoms with Gasteiger partial charge in [-0.3, -0.25) is 9.59 Å². The summed E-state index contributed by atoms with van der Waals surface area (Å²) in [6.45, 7) is 5.80. The molecule has 10 nitrogen and oxygen atoms in total. The lowest BCUT2D eigenvalue weighted by Crippen LogP contribution is -2.29. The number of hydrogen-bond donors (Lipinski definition) is 2. The fraction of sp³-hybridized carbons (Fsp3) is 0.800. The third kappa shape index (κ3) is 23.5. The number of thioether (sulfide) groups is 3. The van der Waals surface area contributed by atoms with Gasteiger partial charge in [0, 0.05) is 47.6 Å². The number of carbonyl (C=O) groups excluding carboxylic acids is 4. The summed E-state index contributed by atoms with van der Waals surface area (Å²) < 4.78 is 19.7. The van der Waals surface area contributed by atoms with Crippen LogP contribution in [0.4, 0.5) is 9.59 Å². The molecular weight excluding hydrogens is 492 g/mol. The van der Waals surface area contributed by atoms with E-state index < -0.39 is 12.2 Å². The van der Waals surface area contributed by atoms with Crippen molar-refractivity contribution in [1.82, 2.24) is 10.6 Å². The number of carbonyl (C=O) groups is 4.